The lowest BCUT2D eigenvalue weighted by Crippen LogP contribution is -2.09. The van der Waals surface area contributed by atoms with Crippen LogP contribution in [-0.2, 0) is 0 Å². The largest absolute Gasteiger partial charge is 0.494 e. The van der Waals surface area contributed by atoms with Gasteiger partial charge in [0.1, 0.15) is 0 Å². The molecule has 0 bridgehead atoms. The van der Waals surface area contributed by atoms with Crippen molar-refractivity contribution in [3.63, 3.8) is 0 Å². The lowest BCUT2D eigenvalue weighted by atomic mass is 10.3. The Morgan fingerprint density at radius 2 is 2.13 bits per heavy atom. The van der Waals surface area contributed by atoms with E-state index in [1.54, 1.807) is 19.5 Å². The van der Waals surface area contributed by atoms with Crippen molar-refractivity contribution in [3.05, 3.63) is 12.4 Å². The van der Waals surface area contributed by atoms with Crippen LogP contribution in [0.15, 0.2) is 12.4 Å². The molecule has 0 aromatic carbocycles. The molecule has 5 heteroatoms. The highest BCUT2D eigenvalue weighted by atomic mass is 32.2. The maximum atomic E-state index is 4.97. The molecule has 1 aromatic rings. The summed E-state index contributed by atoms with van der Waals surface area (Å²) in [5.41, 5.74) is 0. The van der Waals surface area contributed by atoms with Crippen molar-refractivity contribution < 1.29 is 4.74 Å². The number of ether oxygens (including phenoxy) is 1. The van der Waals surface area contributed by atoms with Gasteiger partial charge >= 0.3 is 0 Å². The number of thioether (sulfide) groups is 1. The van der Waals surface area contributed by atoms with Crippen molar-refractivity contribution in [1.29, 1.82) is 0 Å². The summed E-state index contributed by atoms with van der Waals surface area (Å²) in [6.45, 7) is 3.11. The second kappa shape index (κ2) is 6.50. The fraction of sp³-hybridized carbons (Fsp3) is 0.600. The van der Waals surface area contributed by atoms with Gasteiger partial charge in [-0.15, -0.1) is 0 Å². The molecule has 1 heterocycles. The lowest BCUT2D eigenvalue weighted by molar-refractivity contribution is 0.411. The van der Waals surface area contributed by atoms with E-state index in [1.807, 2.05) is 11.8 Å². The van der Waals surface area contributed by atoms with Gasteiger partial charge in [-0.25, -0.2) is 9.97 Å². The molecule has 1 atom stereocenters. The molecule has 1 unspecified atom stereocenters. The van der Waals surface area contributed by atoms with Gasteiger partial charge in [0, 0.05) is 11.8 Å². The number of aromatic nitrogens is 2. The summed E-state index contributed by atoms with van der Waals surface area (Å²) in [6.07, 6.45) is 6.55. The number of hydrogen-bond donors (Lipinski definition) is 1. The minimum absolute atomic E-state index is 0.657. The Morgan fingerprint density at radius 3 is 2.67 bits per heavy atom. The molecule has 4 nitrogen and oxygen atoms in total. The van der Waals surface area contributed by atoms with Crippen molar-refractivity contribution in [1.82, 2.24) is 9.97 Å². The average molecular weight is 227 g/mol. The molecule has 1 N–H and O–H groups in total. The molecule has 0 saturated heterocycles. The molecule has 1 rings (SSSR count). The summed E-state index contributed by atoms with van der Waals surface area (Å²) >= 11 is 1.87. The summed E-state index contributed by atoms with van der Waals surface area (Å²) in [5, 5.41) is 3.83. The first-order valence-corrected chi connectivity index (χ1v) is 6.17. The van der Waals surface area contributed by atoms with Gasteiger partial charge in [0.15, 0.2) is 5.75 Å². The van der Waals surface area contributed by atoms with E-state index in [4.69, 9.17) is 4.74 Å². The third kappa shape index (κ3) is 4.38. The summed E-state index contributed by atoms with van der Waals surface area (Å²) in [6, 6.07) is 0. The third-order valence-corrected chi connectivity index (χ3v) is 3.14. The molecule has 0 fully saturated rings. The standard InChI is InChI=1S/C10H17N3OS/c1-8(15-3)4-5-11-10-12-6-9(14-2)7-13-10/h6-8H,4-5H2,1-3H3,(H,11,12,13). The number of methoxy groups -OCH3 is 1. The first kappa shape index (κ1) is 12.1. The molecule has 0 saturated carbocycles. The zero-order valence-electron chi connectivity index (χ0n) is 9.36. The average Bonchev–Trinajstić information content (AvgIpc) is 2.29. The van der Waals surface area contributed by atoms with Crippen molar-refractivity contribution in [2.75, 3.05) is 25.2 Å². The molecule has 0 amide bonds. The van der Waals surface area contributed by atoms with Gasteiger partial charge in [-0.1, -0.05) is 6.92 Å². The van der Waals surface area contributed by atoms with E-state index in [0.29, 0.717) is 16.9 Å². The van der Waals surface area contributed by atoms with Gasteiger partial charge in [0.25, 0.3) is 0 Å². The van der Waals surface area contributed by atoms with Crippen LogP contribution in [0.2, 0.25) is 0 Å². The fourth-order valence-corrected chi connectivity index (χ4v) is 1.37. The minimum Gasteiger partial charge on any atom is -0.494 e. The summed E-state index contributed by atoms with van der Waals surface area (Å²) in [7, 11) is 1.60. The van der Waals surface area contributed by atoms with E-state index in [0.717, 1.165) is 13.0 Å². The number of hydrogen-bond acceptors (Lipinski definition) is 5. The molecule has 0 aliphatic rings. The van der Waals surface area contributed by atoms with Crippen LogP contribution < -0.4 is 10.1 Å². The normalized spacial score (nSPS) is 12.2. The molecule has 0 aliphatic carbocycles. The van der Waals surface area contributed by atoms with E-state index in [2.05, 4.69) is 28.5 Å². The highest BCUT2D eigenvalue weighted by Gasteiger charge is 2.00. The van der Waals surface area contributed by atoms with Crippen molar-refractivity contribution in [3.8, 4) is 5.75 Å². The van der Waals surface area contributed by atoms with Crippen LogP contribution >= 0.6 is 11.8 Å². The first-order valence-electron chi connectivity index (χ1n) is 4.89. The predicted octanol–water partition coefficient (Wildman–Crippen LogP) is 2.04. The Labute approximate surface area is 94.8 Å². The molecule has 1 aromatic heterocycles. The number of nitrogens with one attached hydrogen (secondary N) is 1. The van der Waals surface area contributed by atoms with Gasteiger partial charge < -0.3 is 10.1 Å². The van der Waals surface area contributed by atoms with Crippen molar-refractivity contribution in [2.24, 2.45) is 0 Å². The quantitative estimate of drug-likeness (QED) is 0.806. The van der Waals surface area contributed by atoms with Crippen LogP contribution in [0.1, 0.15) is 13.3 Å². The first-order chi connectivity index (χ1) is 7.26. The topological polar surface area (TPSA) is 47.0 Å². The Bertz CT molecular complexity index is 279. The highest BCUT2D eigenvalue weighted by molar-refractivity contribution is 7.99. The second-order valence-corrected chi connectivity index (χ2v) is 4.48. The van der Waals surface area contributed by atoms with Gasteiger partial charge in [-0.2, -0.15) is 11.8 Å². The van der Waals surface area contributed by atoms with Crippen molar-refractivity contribution in [2.45, 2.75) is 18.6 Å². The fourth-order valence-electron chi connectivity index (χ4n) is 1.02. The van der Waals surface area contributed by atoms with E-state index in [-0.39, 0.29) is 0 Å². The Morgan fingerprint density at radius 1 is 1.47 bits per heavy atom. The van der Waals surface area contributed by atoms with Crippen LogP contribution in [0.3, 0.4) is 0 Å². The molecule has 15 heavy (non-hydrogen) atoms. The number of anilines is 1. The molecular weight excluding hydrogens is 210 g/mol. The van der Waals surface area contributed by atoms with Gasteiger partial charge in [0.05, 0.1) is 19.5 Å². The van der Waals surface area contributed by atoms with Crippen molar-refractivity contribution >= 4 is 17.7 Å². The van der Waals surface area contributed by atoms with E-state index < -0.39 is 0 Å². The van der Waals surface area contributed by atoms with Crippen LogP contribution in [0.4, 0.5) is 5.95 Å². The van der Waals surface area contributed by atoms with Gasteiger partial charge in [0.2, 0.25) is 5.95 Å². The minimum atomic E-state index is 0.657. The predicted molar refractivity (Wildman–Crippen MR) is 64.7 cm³/mol. The number of nitrogens with zero attached hydrogens (tertiary/aromatic N) is 2. The second-order valence-electron chi connectivity index (χ2n) is 3.21. The summed E-state index contributed by atoms with van der Waals surface area (Å²) in [4.78, 5) is 8.24. The molecule has 0 spiro atoms. The lowest BCUT2D eigenvalue weighted by Gasteiger charge is -2.08. The smallest absolute Gasteiger partial charge is 0.222 e. The van der Waals surface area contributed by atoms with Gasteiger partial charge in [-0.05, 0) is 12.7 Å². The maximum Gasteiger partial charge on any atom is 0.222 e. The van der Waals surface area contributed by atoms with E-state index in [1.165, 1.54) is 0 Å². The summed E-state index contributed by atoms with van der Waals surface area (Å²) < 4.78 is 4.97. The SMILES string of the molecule is COc1cnc(NCCC(C)SC)nc1. The summed E-state index contributed by atoms with van der Waals surface area (Å²) in [5.74, 6) is 1.34. The van der Waals surface area contributed by atoms with Crippen LogP contribution in [-0.4, -0.2) is 35.1 Å². The highest BCUT2D eigenvalue weighted by Crippen LogP contribution is 2.10. The zero-order chi connectivity index (χ0) is 11.1. The van der Waals surface area contributed by atoms with E-state index >= 15 is 0 Å². The zero-order valence-corrected chi connectivity index (χ0v) is 10.2. The van der Waals surface area contributed by atoms with Crippen LogP contribution in [0.5, 0.6) is 5.75 Å². The van der Waals surface area contributed by atoms with Crippen LogP contribution in [0.25, 0.3) is 0 Å². The third-order valence-electron chi connectivity index (χ3n) is 2.10. The Balaban J connectivity index is 2.31. The monoisotopic (exact) mass is 227 g/mol. The molecule has 0 aliphatic heterocycles. The van der Waals surface area contributed by atoms with Crippen LogP contribution in [0, 0.1) is 0 Å². The van der Waals surface area contributed by atoms with E-state index in [9.17, 15) is 0 Å². The Hall–Kier alpha value is -0.970. The Kier molecular flexibility index (Phi) is 5.25. The molecule has 0 radical (unpaired) electrons. The maximum absolute atomic E-state index is 4.97. The number of rotatable bonds is 6. The molecule has 84 valence electrons. The van der Waals surface area contributed by atoms with Gasteiger partial charge in [-0.3, -0.25) is 0 Å². The molecular formula is C10H17N3OS.